The van der Waals surface area contributed by atoms with Crippen LogP contribution >= 0.6 is 23.1 Å². The topological polar surface area (TPSA) is 65.8 Å². The number of carbonyl (C=O) groups excluding carboxylic acids is 1. The molecule has 0 bridgehead atoms. The van der Waals surface area contributed by atoms with Crippen LogP contribution in [0.4, 0.5) is 13.2 Å². The Morgan fingerprint density at radius 1 is 1.26 bits per heavy atom. The molecule has 2 heterocycles. The minimum atomic E-state index is -4.67. The maximum Gasteiger partial charge on any atom is 0.417 e. The Kier molecular flexibility index (Phi) is 7.03. The van der Waals surface area contributed by atoms with Crippen LogP contribution in [0.1, 0.15) is 38.9 Å². The minimum absolute atomic E-state index is 0.104. The van der Waals surface area contributed by atoms with Crippen LogP contribution in [0, 0.1) is 25.2 Å². The number of alkyl halides is 3. The van der Waals surface area contributed by atoms with E-state index in [1.807, 2.05) is 48.7 Å². The molecule has 4 nitrogen and oxygen atoms in total. The molecular weight excluding hydrogens is 443 g/mol. The number of amides is 1. The van der Waals surface area contributed by atoms with Crippen LogP contribution in [0.3, 0.4) is 0 Å². The van der Waals surface area contributed by atoms with Crippen molar-refractivity contribution in [3.8, 4) is 6.07 Å². The number of hydrogen-bond acceptors (Lipinski definition) is 5. The van der Waals surface area contributed by atoms with Crippen LogP contribution in [0.5, 0.6) is 0 Å². The van der Waals surface area contributed by atoms with E-state index in [-0.39, 0.29) is 28.4 Å². The van der Waals surface area contributed by atoms with Gasteiger partial charge in [0.1, 0.15) is 11.1 Å². The van der Waals surface area contributed by atoms with E-state index in [0.717, 1.165) is 33.8 Å². The number of halogens is 3. The van der Waals surface area contributed by atoms with E-state index in [1.165, 1.54) is 18.3 Å². The van der Waals surface area contributed by atoms with Gasteiger partial charge in [-0.25, -0.2) is 4.98 Å². The first-order valence-electron chi connectivity index (χ1n) is 9.20. The average Bonchev–Trinajstić information content (AvgIpc) is 3.24. The zero-order chi connectivity index (χ0) is 22.6. The number of carbonyl (C=O) groups is 1. The molecule has 0 fully saturated rings. The lowest BCUT2D eigenvalue weighted by atomic mass is 10.0. The van der Waals surface area contributed by atoms with E-state index < -0.39 is 17.3 Å². The van der Waals surface area contributed by atoms with Gasteiger partial charge in [-0.1, -0.05) is 47.7 Å². The van der Waals surface area contributed by atoms with Crippen LogP contribution in [-0.2, 0) is 11.0 Å². The summed E-state index contributed by atoms with van der Waals surface area (Å²) in [4.78, 5) is 17.7. The fraction of sp³-hybridized carbons (Fsp3) is 0.227. The summed E-state index contributed by atoms with van der Waals surface area (Å²) in [6, 6.07) is 13.6. The van der Waals surface area contributed by atoms with Gasteiger partial charge in [-0.3, -0.25) is 4.79 Å². The summed E-state index contributed by atoms with van der Waals surface area (Å²) in [5.41, 5.74) is 0.513. The summed E-state index contributed by atoms with van der Waals surface area (Å²) in [6.45, 7) is 3.39. The SMILES string of the molecule is Cc1ccc(C(NC(=O)CSc2nc(C)cc(C(F)(F)F)c2C#N)c2cccs2)cc1. The van der Waals surface area contributed by atoms with Gasteiger partial charge in [0.15, 0.2) is 0 Å². The Bertz CT molecular complexity index is 1100. The van der Waals surface area contributed by atoms with E-state index in [0.29, 0.717) is 0 Å². The first kappa shape index (κ1) is 22.8. The van der Waals surface area contributed by atoms with Gasteiger partial charge in [-0.15, -0.1) is 11.3 Å². The molecule has 0 aliphatic heterocycles. The molecule has 31 heavy (non-hydrogen) atoms. The van der Waals surface area contributed by atoms with Gasteiger partial charge in [-0.2, -0.15) is 18.4 Å². The summed E-state index contributed by atoms with van der Waals surface area (Å²) in [7, 11) is 0. The highest BCUT2D eigenvalue weighted by Crippen LogP contribution is 2.36. The number of nitriles is 1. The largest absolute Gasteiger partial charge is 0.417 e. The van der Waals surface area contributed by atoms with Crippen molar-refractivity contribution in [1.29, 1.82) is 5.26 Å². The molecule has 0 spiro atoms. The number of benzene rings is 1. The molecule has 1 aromatic carbocycles. The van der Waals surface area contributed by atoms with Crippen molar-refractivity contribution >= 4 is 29.0 Å². The van der Waals surface area contributed by atoms with Crippen molar-refractivity contribution in [2.45, 2.75) is 31.1 Å². The predicted molar refractivity (Wildman–Crippen MR) is 115 cm³/mol. The molecule has 1 unspecified atom stereocenters. The Morgan fingerprint density at radius 3 is 2.55 bits per heavy atom. The van der Waals surface area contributed by atoms with Crippen LogP contribution in [0.25, 0.3) is 0 Å². The predicted octanol–water partition coefficient (Wildman–Crippen LogP) is 5.65. The Balaban J connectivity index is 1.79. The molecule has 0 saturated carbocycles. The molecule has 3 aromatic rings. The summed E-state index contributed by atoms with van der Waals surface area (Å²) in [5, 5.41) is 14.0. The van der Waals surface area contributed by atoms with Crippen molar-refractivity contribution < 1.29 is 18.0 Å². The third-order valence-electron chi connectivity index (χ3n) is 4.42. The number of aryl methyl sites for hydroxylation is 2. The van der Waals surface area contributed by atoms with Crippen LogP contribution in [0.15, 0.2) is 52.9 Å². The second-order valence-corrected chi connectivity index (χ2v) is 8.76. The lowest BCUT2D eigenvalue weighted by Gasteiger charge is -2.18. The molecule has 2 aromatic heterocycles. The summed E-state index contributed by atoms with van der Waals surface area (Å²) >= 11 is 2.32. The van der Waals surface area contributed by atoms with Crippen molar-refractivity contribution in [3.63, 3.8) is 0 Å². The quantitative estimate of drug-likeness (QED) is 0.482. The highest BCUT2D eigenvalue weighted by Gasteiger charge is 2.35. The Morgan fingerprint density at radius 2 is 1.97 bits per heavy atom. The fourth-order valence-electron chi connectivity index (χ4n) is 2.95. The van der Waals surface area contributed by atoms with Crippen LogP contribution in [0.2, 0.25) is 0 Å². The number of aromatic nitrogens is 1. The van der Waals surface area contributed by atoms with Crippen molar-refractivity contribution in [2.75, 3.05) is 5.75 Å². The van der Waals surface area contributed by atoms with Gasteiger partial charge >= 0.3 is 6.18 Å². The Labute approximate surface area is 186 Å². The minimum Gasteiger partial charge on any atom is -0.344 e. The standard InChI is InChI=1S/C22H18F3N3OS2/c1-13-5-7-15(8-6-13)20(18-4-3-9-30-18)28-19(29)12-31-21-16(11-26)17(22(23,24)25)10-14(2)27-21/h3-10,20H,12H2,1-2H3,(H,28,29). The molecule has 1 atom stereocenters. The zero-order valence-corrected chi connectivity index (χ0v) is 18.3. The van der Waals surface area contributed by atoms with Crippen molar-refractivity contribution in [3.05, 3.63) is 80.7 Å². The third kappa shape index (κ3) is 5.66. The van der Waals surface area contributed by atoms with E-state index in [9.17, 15) is 23.2 Å². The van der Waals surface area contributed by atoms with Gasteiger partial charge in [-0.05, 0) is 36.9 Å². The molecule has 160 valence electrons. The van der Waals surface area contributed by atoms with E-state index in [2.05, 4.69) is 10.3 Å². The van der Waals surface area contributed by atoms with Gasteiger partial charge in [0, 0.05) is 10.6 Å². The van der Waals surface area contributed by atoms with Crippen LogP contribution in [-0.4, -0.2) is 16.6 Å². The molecule has 1 amide bonds. The number of thioether (sulfide) groups is 1. The summed E-state index contributed by atoms with van der Waals surface area (Å²) in [5.74, 6) is -0.541. The van der Waals surface area contributed by atoms with E-state index in [1.54, 1.807) is 6.07 Å². The molecule has 3 rings (SSSR count). The Hall–Kier alpha value is -2.83. The number of nitrogens with zero attached hydrogens (tertiary/aromatic N) is 2. The molecule has 0 aliphatic rings. The number of thiophene rings is 1. The van der Waals surface area contributed by atoms with Gasteiger partial charge in [0.2, 0.25) is 5.91 Å². The molecule has 0 aliphatic carbocycles. The van der Waals surface area contributed by atoms with E-state index >= 15 is 0 Å². The number of rotatable bonds is 6. The fourth-order valence-corrected chi connectivity index (χ4v) is 4.61. The maximum atomic E-state index is 13.3. The molecular formula is C22H18F3N3OS2. The first-order chi connectivity index (χ1) is 14.7. The first-order valence-corrected chi connectivity index (χ1v) is 11.1. The lowest BCUT2D eigenvalue weighted by molar-refractivity contribution is -0.138. The monoisotopic (exact) mass is 461 g/mol. The summed E-state index contributed by atoms with van der Waals surface area (Å²) in [6.07, 6.45) is -4.67. The van der Waals surface area contributed by atoms with Gasteiger partial charge in [0.25, 0.3) is 0 Å². The number of nitrogens with one attached hydrogen (secondary N) is 1. The summed E-state index contributed by atoms with van der Waals surface area (Å²) < 4.78 is 39.8. The number of pyridine rings is 1. The van der Waals surface area contributed by atoms with Crippen molar-refractivity contribution in [1.82, 2.24) is 10.3 Å². The zero-order valence-electron chi connectivity index (χ0n) is 16.7. The van der Waals surface area contributed by atoms with Crippen LogP contribution < -0.4 is 5.32 Å². The van der Waals surface area contributed by atoms with Gasteiger partial charge < -0.3 is 5.32 Å². The molecule has 0 radical (unpaired) electrons. The lowest BCUT2D eigenvalue weighted by Crippen LogP contribution is -2.30. The van der Waals surface area contributed by atoms with Gasteiger partial charge in [0.05, 0.1) is 22.9 Å². The molecule has 0 saturated heterocycles. The molecule has 1 N–H and O–H groups in total. The number of hydrogen-bond donors (Lipinski definition) is 1. The highest BCUT2D eigenvalue weighted by atomic mass is 32.2. The normalized spacial score (nSPS) is 12.3. The second kappa shape index (κ2) is 9.54. The second-order valence-electron chi connectivity index (χ2n) is 6.82. The van der Waals surface area contributed by atoms with Crippen molar-refractivity contribution in [2.24, 2.45) is 0 Å². The average molecular weight is 462 g/mol. The molecule has 9 heteroatoms. The highest BCUT2D eigenvalue weighted by molar-refractivity contribution is 8.00. The smallest absolute Gasteiger partial charge is 0.344 e. The third-order valence-corrected chi connectivity index (χ3v) is 6.33. The van der Waals surface area contributed by atoms with E-state index in [4.69, 9.17) is 0 Å². The maximum absolute atomic E-state index is 13.3.